The lowest BCUT2D eigenvalue weighted by Gasteiger charge is -2.13. The van der Waals surface area contributed by atoms with Crippen LogP contribution in [0.2, 0.25) is 0 Å². The number of aryl methyl sites for hydroxylation is 1. The summed E-state index contributed by atoms with van der Waals surface area (Å²) >= 11 is 1.75. The van der Waals surface area contributed by atoms with Crippen LogP contribution in [0.3, 0.4) is 0 Å². The Bertz CT molecular complexity index is 479. The van der Waals surface area contributed by atoms with Crippen LogP contribution in [-0.2, 0) is 6.54 Å². The van der Waals surface area contributed by atoms with E-state index in [-0.39, 0.29) is 0 Å². The number of aromatic hydroxyl groups is 1. The summed E-state index contributed by atoms with van der Waals surface area (Å²) in [5.41, 5.74) is 1.88. The Balaban J connectivity index is 2.00. The highest BCUT2D eigenvalue weighted by molar-refractivity contribution is 7.10. The molecule has 0 unspecified atom stereocenters. The topological polar surface area (TPSA) is 32.3 Å². The van der Waals surface area contributed by atoms with Gasteiger partial charge in [0.05, 0.1) is 0 Å². The standard InChI is InChI=1S/C14H17NOS/c1-10-5-3-6-12(14(10)16)9-15-11(2)13-7-4-8-17-13/h3-8,11,15-16H,9H2,1-2H3/t11-/m0/s1. The van der Waals surface area contributed by atoms with Gasteiger partial charge in [-0.1, -0.05) is 24.3 Å². The van der Waals surface area contributed by atoms with E-state index in [2.05, 4.69) is 29.8 Å². The minimum atomic E-state index is 0.315. The van der Waals surface area contributed by atoms with Crippen molar-refractivity contribution in [3.63, 3.8) is 0 Å². The van der Waals surface area contributed by atoms with Crippen molar-refractivity contribution in [3.8, 4) is 5.75 Å². The highest BCUT2D eigenvalue weighted by atomic mass is 32.1. The van der Waals surface area contributed by atoms with Crippen LogP contribution in [0.5, 0.6) is 5.75 Å². The molecule has 0 saturated heterocycles. The molecule has 1 heterocycles. The maximum atomic E-state index is 9.90. The van der Waals surface area contributed by atoms with Crippen LogP contribution in [0.1, 0.15) is 29.0 Å². The van der Waals surface area contributed by atoms with Gasteiger partial charge in [0.25, 0.3) is 0 Å². The lowest BCUT2D eigenvalue weighted by atomic mass is 10.1. The molecule has 2 nitrogen and oxygen atoms in total. The third-order valence-electron chi connectivity index (χ3n) is 2.89. The lowest BCUT2D eigenvalue weighted by molar-refractivity contribution is 0.457. The molecule has 2 rings (SSSR count). The van der Waals surface area contributed by atoms with Gasteiger partial charge in [-0.05, 0) is 30.9 Å². The number of hydrogen-bond acceptors (Lipinski definition) is 3. The zero-order valence-corrected chi connectivity index (χ0v) is 10.9. The fourth-order valence-corrected chi connectivity index (χ4v) is 2.52. The number of phenolic OH excluding ortho intramolecular Hbond substituents is 1. The zero-order valence-electron chi connectivity index (χ0n) is 10.1. The van der Waals surface area contributed by atoms with Crippen molar-refractivity contribution < 1.29 is 5.11 Å². The van der Waals surface area contributed by atoms with Gasteiger partial charge in [-0.3, -0.25) is 0 Å². The quantitative estimate of drug-likeness (QED) is 0.865. The fraction of sp³-hybridized carbons (Fsp3) is 0.286. The molecule has 3 heteroatoms. The fourth-order valence-electron chi connectivity index (χ4n) is 1.76. The molecular weight excluding hydrogens is 230 g/mol. The molecule has 90 valence electrons. The number of phenols is 1. The second-order valence-corrected chi connectivity index (χ2v) is 5.18. The number of hydrogen-bond donors (Lipinski definition) is 2. The van der Waals surface area contributed by atoms with E-state index in [1.807, 2.05) is 25.1 Å². The summed E-state index contributed by atoms with van der Waals surface area (Å²) in [6, 6.07) is 10.3. The number of benzene rings is 1. The molecule has 0 aliphatic heterocycles. The largest absolute Gasteiger partial charge is 0.507 e. The molecule has 0 fully saturated rings. The van der Waals surface area contributed by atoms with Crippen molar-refractivity contribution >= 4 is 11.3 Å². The number of para-hydroxylation sites is 1. The van der Waals surface area contributed by atoms with Gasteiger partial charge in [0.2, 0.25) is 0 Å². The number of nitrogens with one attached hydrogen (secondary N) is 1. The molecule has 1 aromatic heterocycles. The molecule has 0 aliphatic carbocycles. The highest BCUT2D eigenvalue weighted by Crippen LogP contribution is 2.23. The lowest BCUT2D eigenvalue weighted by Crippen LogP contribution is -2.17. The molecule has 0 saturated carbocycles. The molecule has 2 N–H and O–H groups in total. The third kappa shape index (κ3) is 2.87. The van der Waals surface area contributed by atoms with E-state index < -0.39 is 0 Å². The predicted molar refractivity (Wildman–Crippen MR) is 72.4 cm³/mol. The molecule has 0 amide bonds. The molecule has 0 bridgehead atoms. The Kier molecular flexibility index (Phi) is 3.82. The van der Waals surface area contributed by atoms with Crippen LogP contribution < -0.4 is 5.32 Å². The molecule has 17 heavy (non-hydrogen) atoms. The van der Waals surface area contributed by atoms with E-state index in [4.69, 9.17) is 0 Å². The molecule has 0 spiro atoms. The summed E-state index contributed by atoms with van der Waals surface area (Å²) in [6.45, 7) is 4.74. The van der Waals surface area contributed by atoms with Crippen LogP contribution in [0.15, 0.2) is 35.7 Å². The molecular formula is C14H17NOS. The van der Waals surface area contributed by atoms with Gasteiger partial charge in [-0.2, -0.15) is 0 Å². The minimum Gasteiger partial charge on any atom is -0.507 e. The van der Waals surface area contributed by atoms with Gasteiger partial charge in [0, 0.05) is 23.0 Å². The van der Waals surface area contributed by atoms with Crippen LogP contribution in [0, 0.1) is 6.92 Å². The Labute approximate surface area is 106 Å². The molecule has 1 atom stereocenters. The highest BCUT2D eigenvalue weighted by Gasteiger charge is 2.08. The predicted octanol–water partition coefficient (Wildman–Crippen LogP) is 3.61. The normalized spacial score (nSPS) is 12.6. The van der Waals surface area contributed by atoms with Crippen LogP contribution in [0.25, 0.3) is 0 Å². The van der Waals surface area contributed by atoms with E-state index in [1.165, 1.54) is 4.88 Å². The average molecular weight is 247 g/mol. The Morgan fingerprint density at radius 2 is 2.12 bits per heavy atom. The van der Waals surface area contributed by atoms with E-state index >= 15 is 0 Å². The first-order valence-corrected chi connectivity index (χ1v) is 6.60. The van der Waals surface area contributed by atoms with E-state index in [9.17, 15) is 5.11 Å². The van der Waals surface area contributed by atoms with Gasteiger partial charge >= 0.3 is 0 Å². The van der Waals surface area contributed by atoms with Crippen molar-refractivity contribution in [2.75, 3.05) is 0 Å². The second-order valence-electron chi connectivity index (χ2n) is 4.20. The Hall–Kier alpha value is -1.32. The average Bonchev–Trinajstić information content (AvgIpc) is 2.84. The third-order valence-corrected chi connectivity index (χ3v) is 3.94. The smallest absolute Gasteiger partial charge is 0.122 e. The van der Waals surface area contributed by atoms with Gasteiger partial charge < -0.3 is 10.4 Å². The van der Waals surface area contributed by atoms with Gasteiger partial charge in [-0.15, -0.1) is 11.3 Å². The van der Waals surface area contributed by atoms with Crippen LogP contribution >= 0.6 is 11.3 Å². The van der Waals surface area contributed by atoms with E-state index in [0.29, 0.717) is 18.3 Å². The van der Waals surface area contributed by atoms with Gasteiger partial charge in [0.15, 0.2) is 0 Å². The monoisotopic (exact) mass is 247 g/mol. The second kappa shape index (κ2) is 5.34. The first kappa shape index (κ1) is 12.1. The van der Waals surface area contributed by atoms with Crippen LogP contribution in [-0.4, -0.2) is 5.11 Å². The van der Waals surface area contributed by atoms with Crippen molar-refractivity contribution in [2.45, 2.75) is 26.4 Å². The molecule has 0 radical (unpaired) electrons. The van der Waals surface area contributed by atoms with E-state index in [1.54, 1.807) is 11.3 Å². The van der Waals surface area contributed by atoms with Gasteiger partial charge in [0.1, 0.15) is 5.75 Å². The zero-order chi connectivity index (χ0) is 12.3. The SMILES string of the molecule is Cc1cccc(CN[C@@H](C)c2cccs2)c1O. The van der Waals surface area contributed by atoms with Gasteiger partial charge in [-0.25, -0.2) is 0 Å². The van der Waals surface area contributed by atoms with Crippen molar-refractivity contribution in [1.29, 1.82) is 0 Å². The summed E-state index contributed by atoms with van der Waals surface area (Å²) < 4.78 is 0. The first-order valence-electron chi connectivity index (χ1n) is 5.72. The molecule has 0 aliphatic rings. The summed E-state index contributed by atoms with van der Waals surface area (Å²) in [7, 11) is 0. The first-order chi connectivity index (χ1) is 8.18. The molecule has 1 aromatic carbocycles. The van der Waals surface area contributed by atoms with Crippen molar-refractivity contribution in [1.82, 2.24) is 5.32 Å². The number of rotatable bonds is 4. The molecule has 2 aromatic rings. The minimum absolute atomic E-state index is 0.315. The summed E-state index contributed by atoms with van der Waals surface area (Å²) in [5, 5.41) is 15.4. The summed E-state index contributed by atoms with van der Waals surface area (Å²) in [4.78, 5) is 1.32. The number of thiophene rings is 1. The summed E-state index contributed by atoms with van der Waals surface area (Å²) in [5.74, 6) is 0.401. The maximum Gasteiger partial charge on any atom is 0.122 e. The maximum absolute atomic E-state index is 9.90. The van der Waals surface area contributed by atoms with Crippen LogP contribution in [0.4, 0.5) is 0 Å². The van der Waals surface area contributed by atoms with E-state index in [0.717, 1.165) is 11.1 Å². The summed E-state index contributed by atoms with van der Waals surface area (Å²) in [6.07, 6.45) is 0. The van der Waals surface area contributed by atoms with Crippen molar-refractivity contribution in [3.05, 3.63) is 51.7 Å². The Morgan fingerprint density at radius 3 is 2.82 bits per heavy atom. The Morgan fingerprint density at radius 1 is 1.29 bits per heavy atom. The van der Waals surface area contributed by atoms with Crippen molar-refractivity contribution in [2.24, 2.45) is 0 Å².